The minimum absolute atomic E-state index is 0.102. The Morgan fingerprint density at radius 1 is 1.29 bits per heavy atom. The number of methoxy groups -OCH3 is 1. The van der Waals surface area contributed by atoms with Crippen LogP contribution < -0.4 is 4.74 Å². The van der Waals surface area contributed by atoms with E-state index in [2.05, 4.69) is 0 Å². The number of hydrogen-bond acceptors (Lipinski definition) is 3. The third kappa shape index (κ3) is 3.17. The van der Waals surface area contributed by atoms with Gasteiger partial charge in [-0.3, -0.25) is 9.59 Å². The van der Waals surface area contributed by atoms with Gasteiger partial charge < -0.3 is 14.7 Å². The Kier molecular flexibility index (Phi) is 4.50. The van der Waals surface area contributed by atoms with Crippen molar-refractivity contribution >= 4 is 11.9 Å². The molecule has 0 aromatic heterocycles. The van der Waals surface area contributed by atoms with Gasteiger partial charge in [-0.1, -0.05) is 0 Å². The molecule has 1 unspecified atom stereocenters. The van der Waals surface area contributed by atoms with E-state index in [0.29, 0.717) is 18.5 Å². The summed E-state index contributed by atoms with van der Waals surface area (Å²) in [7, 11) is 1.61. The Bertz CT molecular complexity index is 544. The van der Waals surface area contributed by atoms with Crippen LogP contribution in [0.5, 0.6) is 5.75 Å². The topological polar surface area (TPSA) is 66.8 Å². The molecule has 1 atom stereocenters. The molecule has 21 heavy (non-hydrogen) atoms. The minimum atomic E-state index is -0.824. The molecule has 1 aliphatic heterocycles. The number of rotatable bonds is 3. The van der Waals surface area contributed by atoms with Crippen LogP contribution in [0.2, 0.25) is 0 Å². The van der Waals surface area contributed by atoms with Crippen molar-refractivity contribution in [2.24, 2.45) is 5.92 Å². The number of amides is 1. The number of aliphatic carboxylic acids is 1. The molecule has 114 valence electrons. The molecule has 0 radical (unpaired) electrons. The van der Waals surface area contributed by atoms with Crippen molar-refractivity contribution in [1.82, 2.24) is 4.90 Å². The number of carboxylic acid groups (broad SMARTS) is 1. The molecule has 5 heteroatoms. The number of benzene rings is 1. The number of nitrogens with zero attached hydrogens (tertiary/aromatic N) is 1. The number of carboxylic acids is 1. The maximum Gasteiger partial charge on any atom is 0.308 e. The largest absolute Gasteiger partial charge is 0.496 e. The number of likely N-dealkylation sites (tertiary alicyclic amines) is 1. The Morgan fingerprint density at radius 2 is 1.90 bits per heavy atom. The molecule has 1 N–H and O–H groups in total. The van der Waals surface area contributed by atoms with Crippen molar-refractivity contribution in [3.8, 4) is 5.75 Å². The molecule has 1 aliphatic rings. The highest BCUT2D eigenvalue weighted by Crippen LogP contribution is 2.26. The maximum atomic E-state index is 12.6. The first-order chi connectivity index (χ1) is 9.93. The molecule has 1 amide bonds. The Labute approximate surface area is 124 Å². The average molecular weight is 291 g/mol. The van der Waals surface area contributed by atoms with Crippen LogP contribution in [-0.4, -0.2) is 42.1 Å². The zero-order valence-electron chi connectivity index (χ0n) is 12.7. The molecule has 0 bridgehead atoms. The summed E-state index contributed by atoms with van der Waals surface area (Å²) >= 11 is 0. The fraction of sp³-hybridized carbons (Fsp3) is 0.500. The van der Waals surface area contributed by atoms with Crippen LogP contribution in [0, 0.1) is 19.8 Å². The second-order valence-electron chi connectivity index (χ2n) is 5.57. The van der Waals surface area contributed by atoms with E-state index in [4.69, 9.17) is 9.84 Å². The molecule has 1 heterocycles. The van der Waals surface area contributed by atoms with Crippen LogP contribution >= 0.6 is 0 Å². The second kappa shape index (κ2) is 6.16. The Morgan fingerprint density at radius 3 is 2.43 bits per heavy atom. The summed E-state index contributed by atoms with van der Waals surface area (Å²) < 4.78 is 5.30. The van der Waals surface area contributed by atoms with Crippen molar-refractivity contribution in [1.29, 1.82) is 0 Å². The smallest absolute Gasteiger partial charge is 0.308 e. The first-order valence-electron chi connectivity index (χ1n) is 7.11. The average Bonchev–Trinajstić information content (AvgIpc) is 2.46. The maximum absolute atomic E-state index is 12.6. The van der Waals surface area contributed by atoms with Crippen LogP contribution in [0.25, 0.3) is 0 Å². The predicted octanol–water partition coefficient (Wildman–Crippen LogP) is 2.25. The summed E-state index contributed by atoms with van der Waals surface area (Å²) in [6, 6.07) is 3.61. The van der Waals surface area contributed by atoms with Crippen molar-refractivity contribution in [2.45, 2.75) is 26.7 Å². The SMILES string of the molecule is COc1c(C)cc(C(=O)N2CCCC(C(=O)O)C2)cc1C. The van der Waals surface area contributed by atoms with E-state index in [1.807, 2.05) is 13.8 Å². The van der Waals surface area contributed by atoms with Gasteiger partial charge in [0.2, 0.25) is 0 Å². The van der Waals surface area contributed by atoms with E-state index < -0.39 is 11.9 Å². The van der Waals surface area contributed by atoms with Gasteiger partial charge in [-0.05, 0) is 49.9 Å². The summed E-state index contributed by atoms with van der Waals surface area (Å²) in [4.78, 5) is 25.3. The molecule has 2 rings (SSSR count). The van der Waals surface area contributed by atoms with Gasteiger partial charge in [-0.2, -0.15) is 0 Å². The van der Waals surface area contributed by atoms with Crippen LogP contribution in [0.15, 0.2) is 12.1 Å². The first kappa shape index (κ1) is 15.4. The fourth-order valence-electron chi connectivity index (χ4n) is 2.94. The van der Waals surface area contributed by atoms with Crippen molar-refractivity contribution in [2.75, 3.05) is 20.2 Å². The van der Waals surface area contributed by atoms with Crippen LogP contribution in [0.3, 0.4) is 0 Å². The van der Waals surface area contributed by atoms with Gasteiger partial charge in [0.25, 0.3) is 5.91 Å². The van der Waals surface area contributed by atoms with Crippen LogP contribution in [0.1, 0.15) is 34.3 Å². The van der Waals surface area contributed by atoms with Crippen molar-refractivity contribution in [3.05, 3.63) is 28.8 Å². The normalized spacial score (nSPS) is 18.4. The van der Waals surface area contributed by atoms with Gasteiger partial charge >= 0.3 is 5.97 Å². The Hall–Kier alpha value is -2.04. The molecule has 5 nitrogen and oxygen atoms in total. The molecular formula is C16H21NO4. The number of piperidine rings is 1. The Balaban J connectivity index is 2.22. The number of carbonyl (C=O) groups excluding carboxylic acids is 1. The summed E-state index contributed by atoms with van der Waals surface area (Å²) in [6.07, 6.45) is 1.37. The molecule has 0 saturated carbocycles. The van der Waals surface area contributed by atoms with Gasteiger partial charge in [-0.25, -0.2) is 0 Å². The molecule has 1 aromatic rings. The zero-order valence-corrected chi connectivity index (χ0v) is 12.7. The summed E-state index contributed by atoms with van der Waals surface area (Å²) in [5.41, 5.74) is 2.41. The fourth-order valence-corrected chi connectivity index (χ4v) is 2.94. The molecular weight excluding hydrogens is 270 g/mol. The molecule has 1 aromatic carbocycles. The monoisotopic (exact) mass is 291 g/mol. The standard InChI is InChI=1S/C16H21NO4/c1-10-7-13(8-11(2)14(10)21-3)15(18)17-6-4-5-12(9-17)16(19)20/h7-8,12H,4-6,9H2,1-3H3,(H,19,20). The van der Waals surface area contributed by atoms with E-state index in [0.717, 1.165) is 23.3 Å². The summed E-state index contributed by atoms with van der Waals surface area (Å²) in [5, 5.41) is 9.11. The van der Waals surface area contributed by atoms with Gasteiger partial charge in [0.15, 0.2) is 0 Å². The molecule has 1 saturated heterocycles. The summed E-state index contributed by atoms with van der Waals surface area (Å²) in [6.45, 7) is 4.71. The number of ether oxygens (including phenoxy) is 1. The minimum Gasteiger partial charge on any atom is -0.496 e. The second-order valence-corrected chi connectivity index (χ2v) is 5.57. The van der Waals surface area contributed by atoms with Gasteiger partial charge in [0.05, 0.1) is 13.0 Å². The predicted molar refractivity (Wildman–Crippen MR) is 78.7 cm³/mol. The van der Waals surface area contributed by atoms with Crippen molar-refractivity contribution in [3.63, 3.8) is 0 Å². The highest BCUT2D eigenvalue weighted by Gasteiger charge is 2.29. The highest BCUT2D eigenvalue weighted by molar-refractivity contribution is 5.95. The lowest BCUT2D eigenvalue weighted by Crippen LogP contribution is -2.42. The van der Waals surface area contributed by atoms with E-state index >= 15 is 0 Å². The highest BCUT2D eigenvalue weighted by atomic mass is 16.5. The zero-order chi connectivity index (χ0) is 15.6. The van der Waals surface area contributed by atoms with Crippen LogP contribution in [-0.2, 0) is 4.79 Å². The van der Waals surface area contributed by atoms with Gasteiger partial charge in [-0.15, -0.1) is 0 Å². The molecule has 0 aliphatic carbocycles. The van der Waals surface area contributed by atoms with E-state index in [-0.39, 0.29) is 12.5 Å². The lowest BCUT2D eigenvalue weighted by Gasteiger charge is -2.31. The van der Waals surface area contributed by atoms with E-state index in [1.54, 1.807) is 24.1 Å². The number of carbonyl (C=O) groups is 2. The van der Waals surface area contributed by atoms with Gasteiger partial charge in [0, 0.05) is 18.7 Å². The third-order valence-electron chi connectivity index (χ3n) is 3.97. The first-order valence-corrected chi connectivity index (χ1v) is 7.11. The third-order valence-corrected chi connectivity index (χ3v) is 3.97. The molecule has 0 spiro atoms. The number of aryl methyl sites for hydroxylation is 2. The van der Waals surface area contributed by atoms with Crippen LogP contribution in [0.4, 0.5) is 0 Å². The number of hydrogen-bond donors (Lipinski definition) is 1. The van der Waals surface area contributed by atoms with E-state index in [9.17, 15) is 9.59 Å². The van der Waals surface area contributed by atoms with Gasteiger partial charge in [0.1, 0.15) is 5.75 Å². The molecule has 1 fully saturated rings. The quantitative estimate of drug-likeness (QED) is 0.927. The lowest BCUT2D eigenvalue weighted by atomic mass is 9.97. The van der Waals surface area contributed by atoms with Crippen molar-refractivity contribution < 1.29 is 19.4 Å². The lowest BCUT2D eigenvalue weighted by molar-refractivity contribution is -0.143. The summed E-state index contributed by atoms with van der Waals surface area (Å²) in [5.74, 6) is -0.596. The van der Waals surface area contributed by atoms with E-state index in [1.165, 1.54) is 0 Å².